The predicted octanol–water partition coefficient (Wildman–Crippen LogP) is 4.20. The number of aliphatic hydroxyl groups is 1. The van der Waals surface area contributed by atoms with Crippen molar-refractivity contribution in [3.05, 3.63) is 76.5 Å². The first-order valence-electron chi connectivity index (χ1n) is 11.4. The van der Waals surface area contributed by atoms with Gasteiger partial charge < -0.3 is 10.0 Å². The van der Waals surface area contributed by atoms with E-state index in [1.54, 1.807) is 11.9 Å². The smallest absolute Gasteiger partial charge is 0.253 e. The number of aryl methyl sites for hydroxylation is 2. The number of carbonyl (C=O) groups excluding carboxylic acids is 1. The lowest BCUT2D eigenvalue weighted by Crippen LogP contribution is -2.29. The maximum atomic E-state index is 12.8. The molecule has 1 spiro atoms. The minimum Gasteiger partial charge on any atom is -0.395 e. The molecule has 1 amide bonds. The zero-order chi connectivity index (χ0) is 23.2. The minimum atomic E-state index is -0.0792. The van der Waals surface area contributed by atoms with Crippen molar-refractivity contribution in [2.24, 2.45) is 0 Å². The molecule has 6 nitrogen and oxygen atoms in total. The molecule has 6 heteroatoms. The molecule has 0 unspecified atom stereocenters. The largest absolute Gasteiger partial charge is 0.395 e. The summed E-state index contributed by atoms with van der Waals surface area (Å²) < 4.78 is 0. The van der Waals surface area contributed by atoms with Crippen LogP contribution in [0.5, 0.6) is 0 Å². The molecule has 5 rings (SSSR count). The summed E-state index contributed by atoms with van der Waals surface area (Å²) in [6.07, 6.45) is 9.01. The number of rotatable bonds is 5. The fourth-order valence-corrected chi connectivity index (χ4v) is 4.85. The average molecular weight is 441 g/mol. The Morgan fingerprint density at radius 3 is 2.58 bits per heavy atom. The Morgan fingerprint density at radius 2 is 1.91 bits per heavy atom. The van der Waals surface area contributed by atoms with Crippen LogP contribution in [-0.4, -0.2) is 51.1 Å². The van der Waals surface area contributed by atoms with Gasteiger partial charge in [-0.3, -0.25) is 9.78 Å². The van der Waals surface area contributed by atoms with E-state index in [1.807, 2.05) is 37.5 Å². The van der Waals surface area contributed by atoms with Gasteiger partial charge in [0, 0.05) is 48.2 Å². The van der Waals surface area contributed by atoms with Crippen molar-refractivity contribution in [2.45, 2.75) is 38.5 Å². The average Bonchev–Trinajstić information content (AvgIpc) is 3.51. The standard InChI is InChI=1S/C27H28N4O2/c1-17-10-18(2)30-24(11-17)21-15-28-25(29-16-21)13-20-14-27(6-7-27)23-5-4-19(12-22(20)23)26(33)31(3)8-9-32/h4-5,10-13,15-16,32H,6-9,14H2,1-3H3/b20-13+. The summed E-state index contributed by atoms with van der Waals surface area (Å²) in [5, 5.41) is 9.17. The number of hydrogen-bond acceptors (Lipinski definition) is 5. The Hall–Kier alpha value is -3.38. The molecule has 1 fully saturated rings. The van der Waals surface area contributed by atoms with E-state index >= 15 is 0 Å². The molecule has 2 aromatic heterocycles. The summed E-state index contributed by atoms with van der Waals surface area (Å²) in [7, 11) is 1.71. The maximum absolute atomic E-state index is 12.8. The first-order valence-corrected chi connectivity index (χ1v) is 11.4. The van der Waals surface area contributed by atoms with Gasteiger partial charge in [-0.15, -0.1) is 0 Å². The highest BCUT2D eigenvalue weighted by Gasteiger charge is 2.50. The van der Waals surface area contributed by atoms with Gasteiger partial charge in [0.2, 0.25) is 0 Å². The Morgan fingerprint density at radius 1 is 1.15 bits per heavy atom. The maximum Gasteiger partial charge on any atom is 0.253 e. The number of allylic oxidation sites excluding steroid dienone is 1. The third-order valence-corrected chi connectivity index (χ3v) is 6.72. The molecule has 0 aliphatic heterocycles. The van der Waals surface area contributed by atoms with Crippen LogP contribution in [0.25, 0.3) is 22.9 Å². The van der Waals surface area contributed by atoms with Crippen LogP contribution in [0.2, 0.25) is 0 Å². The number of aliphatic hydroxyl groups excluding tert-OH is 1. The van der Waals surface area contributed by atoms with E-state index in [0.717, 1.165) is 34.5 Å². The lowest BCUT2D eigenvalue weighted by atomic mass is 9.97. The second-order valence-corrected chi connectivity index (χ2v) is 9.34. The summed E-state index contributed by atoms with van der Waals surface area (Å²) in [5.74, 6) is 0.584. The zero-order valence-corrected chi connectivity index (χ0v) is 19.3. The second-order valence-electron chi connectivity index (χ2n) is 9.34. The van der Waals surface area contributed by atoms with Gasteiger partial charge in [-0.2, -0.15) is 0 Å². The lowest BCUT2D eigenvalue weighted by Gasteiger charge is -2.16. The Labute approximate surface area is 194 Å². The Bertz CT molecular complexity index is 1240. The van der Waals surface area contributed by atoms with Gasteiger partial charge in [-0.05, 0) is 85.7 Å². The van der Waals surface area contributed by atoms with Crippen LogP contribution >= 0.6 is 0 Å². The summed E-state index contributed by atoms with van der Waals surface area (Å²) in [5.41, 5.74) is 8.40. The molecule has 2 heterocycles. The van der Waals surface area contributed by atoms with Gasteiger partial charge >= 0.3 is 0 Å². The van der Waals surface area contributed by atoms with Gasteiger partial charge in [0.25, 0.3) is 5.91 Å². The van der Waals surface area contributed by atoms with E-state index in [9.17, 15) is 4.79 Å². The molecule has 33 heavy (non-hydrogen) atoms. The number of benzene rings is 1. The van der Waals surface area contributed by atoms with Crippen LogP contribution in [0, 0.1) is 13.8 Å². The van der Waals surface area contributed by atoms with E-state index in [0.29, 0.717) is 17.9 Å². The quantitative estimate of drug-likeness (QED) is 0.643. The fourth-order valence-electron chi connectivity index (χ4n) is 4.85. The molecule has 1 N–H and O–H groups in total. The highest BCUT2D eigenvalue weighted by Crippen LogP contribution is 2.60. The zero-order valence-electron chi connectivity index (χ0n) is 19.3. The van der Waals surface area contributed by atoms with E-state index in [-0.39, 0.29) is 17.9 Å². The number of amides is 1. The third-order valence-electron chi connectivity index (χ3n) is 6.72. The summed E-state index contributed by atoms with van der Waals surface area (Å²) in [4.78, 5) is 28.1. The van der Waals surface area contributed by atoms with E-state index in [1.165, 1.54) is 24.0 Å². The van der Waals surface area contributed by atoms with Crippen molar-refractivity contribution in [1.82, 2.24) is 19.9 Å². The first kappa shape index (κ1) is 21.5. The molecule has 168 valence electrons. The lowest BCUT2D eigenvalue weighted by molar-refractivity contribution is 0.0767. The van der Waals surface area contributed by atoms with Crippen LogP contribution in [0.4, 0.5) is 0 Å². The number of pyridine rings is 1. The number of likely N-dealkylation sites (N-methyl/N-ethyl adjacent to an activating group) is 1. The number of aromatic nitrogens is 3. The summed E-state index contributed by atoms with van der Waals surface area (Å²) in [6, 6.07) is 10.1. The Balaban J connectivity index is 1.46. The molecule has 0 radical (unpaired) electrons. The van der Waals surface area contributed by atoms with Crippen LogP contribution in [-0.2, 0) is 5.41 Å². The third kappa shape index (κ3) is 4.07. The first-order chi connectivity index (χ1) is 15.9. The van der Waals surface area contributed by atoms with Crippen molar-refractivity contribution in [2.75, 3.05) is 20.2 Å². The van der Waals surface area contributed by atoms with Crippen molar-refractivity contribution < 1.29 is 9.90 Å². The van der Waals surface area contributed by atoms with Crippen molar-refractivity contribution >= 4 is 17.6 Å². The molecule has 3 aromatic rings. The molecule has 2 aliphatic rings. The van der Waals surface area contributed by atoms with Crippen LogP contribution < -0.4 is 0 Å². The highest BCUT2D eigenvalue weighted by molar-refractivity contribution is 5.97. The molecule has 0 saturated heterocycles. The number of fused-ring (bicyclic) bond motifs is 2. The summed E-state index contributed by atoms with van der Waals surface area (Å²) >= 11 is 0. The Kier molecular flexibility index (Phi) is 5.33. The van der Waals surface area contributed by atoms with Crippen molar-refractivity contribution in [3.8, 4) is 11.3 Å². The molecule has 2 aliphatic carbocycles. The van der Waals surface area contributed by atoms with Gasteiger partial charge in [-0.1, -0.05) is 6.07 Å². The van der Waals surface area contributed by atoms with Crippen LogP contribution in [0.3, 0.4) is 0 Å². The van der Waals surface area contributed by atoms with Crippen molar-refractivity contribution in [3.63, 3.8) is 0 Å². The fraction of sp³-hybridized carbons (Fsp3) is 0.333. The monoisotopic (exact) mass is 440 g/mol. The van der Waals surface area contributed by atoms with Gasteiger partial charge in [0.1, 0.15) is 0 Å². The van der Waals surface area contributed by atoms with Crippen LogP contribution in [0.15, 0.2) is 42.7 Å². The predicted molar refractivity (Wildman–Crippen MR) is 129 cm³/mol. The molecule has 1 saturated carbocycles. The van der Waals surface area contributed by atoms with E-state index in [4.69, 9.17) is 5.11 Å². The second kappa shape index (κ2) is 8.19. The van der Waals surface area contributed by atoms with Gasteiger partial charge in [0.15, 0.2) is 5.82 Å². The van der Waals surface area contributed by atoms with Crippen LogP contribution in [0.1, 0.15) is 57.8 Å². The molecular weight excluding hydrogens is 412 g/mol. The normalized spacial score (nSPS) is 16.8. The SMILES string of the molecule is Cc1cc(C)nc(-c2cnc(/C=C3\CC4(CC4)c4ccc(C(=O)N(C)CCO)cc43)nc2)c1. The minimum absolute atomic E-state index is 0.0492. The van der Waals surface area contributed by atoms with Gasteiger partial charge in [0.05, 0.1) is 12.3 Å². The molecule has 1 aromatic carbocycles. The van der Waals surface area contributed by atoms with Gasteiger partial charge in [-0.25, -0.2) is 9.97 Å². The molecule has 0 atom stereocenters. The number of hydrogen-bond donors (Lipinski definition) is 1. The topological polar surface area (TPSA) is 79.2 Å². The number of nitrogens with zero attached hydrogens (tertiary/aromatic N) is 4. The van der Waals surface area contributed by atoms with Crippen molar-refractivity contribution in [1.29, 1.82) is 0 Å². The summed E-state index contributed by atoms with van der Waals surface area (Å²) in [6.45, 7) is 4.32. The highest BCUT2D eigenvalue weighted by atomic mass is 16.3. The number of carbonyl (C=O) groups is 1. The molecule has 0 bridgehead atoms. The van der Waals surface area contributed by atoms with E-state index < -0.39 is 0 Å². The molecular formula is C27H28N4O2. The van der Waals surface area contributed by atoms with E-state index in [2.05, 4.69) is 40.1 Å².